The Kier molecular flexibility index (Phi) is 5.88. The summed E-state index contributed by atoms with van der Waals surface area (Å²) >= 11 is 6.25. The van der Waals surface area contributed by atoms with E-state index in [0.29, 0.717) is 33.5 Å². The summed E-state index contributed by atoms with van der Waals surface area (Å²) in [7, 11) is 3.09. The van der Waals surface area contributed by atoms with Crippen LogP contribution in [0.1, 0.15) is 11.1 Å². The maximum Gasteiger partial charge on any atom is 0.282 e. The van der Waals surface area contributed by atoms with E-state index in [1.54, 1.807) is 61.7 Å². The Morgan fingerprint density at radius 1 is 0.844 bits per heavy atom. The first-order valence-corrected chi connectivity index (χ1v) is 10.3. The summed E-state index contributed by atoms with van der Waals surface area (Å²) in [6.45, 7) is 1.94. The summed E-state index contributed by atoms with van der Waals surface area (Å²) in [6, 6.07) is 19.3. The Bertz CT molecular complexity index is 1220. The third-order valence-electron chi connectivity index (χ3n) is 5.18. The van der Waals surface area contributed by atoms with E-state index < -0.39 is 11.8 Å². The van der Waals surface area contributed by atoms with Gasteiger partial charge in [0.15, 0.2) is 0 Å². The highest BCUT2D eigenvalue weighted by Crippen LogP contribution is 2.35. The number of methoxy groups -OCH3 is 2. The zero-order valence-electron chi connectivity index (χ0n) is 17.8. The maximum atomic E-state index is 13.5. The highest BCUT2D eigenvalue weighted by atomic mass is 35.5. The van der Waals surface area contributed by atoms with Crippen LogP contribution in [0.3, 0.4) is 0 Å². The van der Waals surface area contributed by atoms with Gasteiger partial charge in [-0.3, -0.25) is 9.59 Å². The molecule has 7 heteroatoms. The highest BCUT2D eigenvalue weighted by molar-refractivity contribution is 6.46. The number of nitrogens with one attached hydrogen (secondary N) is 1. The molecule has 3 aromatic carbocycles. The van der Waals surface area contributed by atoms with Crippen molar-refractivity contribution in [1.82, 2.24) is 0 Å². The molecule has 0 saturated carbocycles. The Morgan fingerprint density at radius 2 is 1.53 bits per heavy atom. The normalized spacial score (nSPS) is 13.6. The largest absolute Gasteiger partial charge is 0.497 e. The molecule has 3 aromatic rings. The fraction of sp³-hybridized carbons (Fsp3) is 0.120. The molecule has 1 aliphatic rings. The van der Waals surface area contributed by atoms with Crippen molar-refractivity contribution in [2.75, 3.05) is 24.4 Å². The van der Waals surface area contributed by atoms with Crippen LogP contribution >= 0.6 is 11.6 Å². The van der Waals surface area contributed by atoms with Gasteiger partial charge in [0, 0.05) is 5.69 Å². The number of imide groups is 1. The predicted octanol–water partition coefficient (Wildman–Crippen LogP) is 5.06. The second-order valence-corrected chi connectivity index (χ2v) is 7.64. The SMILES string of the molecule is COc1ccc(C2=C(Nc3ccc(OC)c(Cl)c3)C(=O)N(c3ccc(C)cc3)C2=O)cc1. The smallest absolute Gasteiger partial charge is 0.282 e. The maximum absolute atomic E-state index is 13.5. The summed E-state index contributed by atoms with van der Waals surface area (Å²) in [5.74, 6) is 0.303. The zero-order valence-corrected chi connectivity index (χ0v) is 18.6. The molecule has 162 valence electrons. The molecule has 0 fully saturated rings. The summed E-state index contributed by atoms with van der Waals surface area (Å²) in [6.07, 6.45) is 0. The lowest BCUT2D eigenvalue weighted by molar-refractivity contribution is -0.120. The number of hydrogen-bond donors (Lipinski definition) is 1. The average molecular weight is 449 g/mol. The van der Waals surface area contributed by atoms with Gasteiger partial charge in [-0.05, 0) is 55.0 Å². The van der Waals surface area contributed by atoms with Gasteiger partial charge in [0.2, 0.25) is 0 Å². The van der Waals surface area contributed by atoms with Gasteiger partial charge < -0.3 is 14.8 Å². The minimum Gasteiger partial charge on any atom is -0.497 e. The van der Waals surface area contributed by atoms with E-state index in [0.717, 1.165) is 5.56 Å². The van der Waals surface area contributed by atoms with Crippen LogP contribution in [-0.4, -0.2) is 26.0 Å². The van der Waals surface area contributed by atoms with Crippen molar-refractivity contribution in [3.8, 4) is 11.5 Å². The van der Waals surface area contributed by atoms with E-state index in [-0.39, 0.29) is 11.3 Å². The first kappa shape index (κ1) is 21.5. The molecule has 0 unspecified atom stereocenters. The van der Waals surface area contributed by atoms with E-state index in [1.807, 2.05) is 19.1 Å². The molecular weight excluding hydrogens is 428 g/mol. The Labute approximate surface area is 191 Å². The molecule has 0 bridgehead atoms. The van der Waals surface area contributed by atoms with Gasteiger partial charge in [-0.2, -0.15) is 0 Å². The Morgan fingerprint density at radius 3 is 2.12 bits per heavy atom. The zero-order chi connectivity index (χ0) is 22.8. The topological polar surface area (TPSA) is 67.9 Å². The Balaban J connectivity index is 1.80. The van der Waals surface area contributed by atoms with Crippen LogP contribution in [0.5, 0.6) is 11.5 Å². The average Bonchev–Trinajstić information content (AvgIpc) is 3.04. The lowest BCUT2D eigenvalue weighted by atomic mass is 10.0. The van der Waals surface area contributed by atoms with Crippen molar-refractivity contribution >= 4 is 40.4 Å². The minimum atomic E-state index is -0.448. The number of aryl methyl sites for hydroxylation is 1. The van der Waals surface area contributed by atoms with Gasteiger partial charge in [0.1, 0.15) is 17.2 Å². The molecule has 0 saturated heterocycles. The predicted molar refractivity (Wildman–Crippen MR) is 125 cm³/mol. The second-order valence-electron chi connectivity index (χ2n) is 7.23. The van der Waals surface area contributed by atoms with Crippen LogP contribution in [-0.2, 0) is 9.59 Å². The number of rotatable bonds is 6. The van der Waals surface area contributed by atoms with Crippen molar-refractivity contribution in [2.24, 2.45) is 0 Å². The fourth-order valence-corrected chi connectivity index (χ4v) is 3.75. The second kappa shape index (κ2) is 8.77. The molecule has 4 rings (SSSR count). The standard InChI is InChI=1S/C25H21ClN2O4/c1-15-4-9-18(10-5-15)28-24(29)22(16-6-11-19(31-2)12-7-16)23(25(28)30)27-17-8-13-21(32-3)20(26)14-17/h4-14,27H,1-3H3. The molecule has 0 spiro atoms. The molecule has 0 atom stereocenters. The molecule has 1 N–H and O–H groups in total. The van der Waals surface area contributed by atoms with Crippen LogP contribution in [0.2, 0.25) is 5.02 Å². The molecule has 0 aliphatic carbocycles. The number of hydrogen-bond acceptors (Lipinski definition) is 5. The van der Waals surface area contributed by atoms with Gasteiger partial charge >= 0.3 is 0 Å². The van der Waals surface area contributed by atoms with E-state index in [1.165, 1.54) is 12.0 Å². The van der Waals surface area contributed by atoms with Gasteiger partial charge in [0.05, 0.1) is 30.5 Å². The highest BCUT2D eigenvalue weighted by Gasteiger charge is 2.40. The summed E-state index contributed by atoms with van der Waals surface area (Å²) in [5.41, 5.74) is 3.13. The number of amides is 2. The first-order chi connectivity index (χ1) is 15.4. The van der Waals surface area contributed by atoms with Crippen LogP contribution in [0.15, 0.2) is 72.4 Å². The third-order valence-corrected chi connectivity index (χ3v) is 5.47. The molecule has 0 radical (unpaired) electrons. The number of carbonyl (C=O) groups is 2. The van der Waals surface area contributed by atoms with Gasteiger partial charge in [-0.15, -0.1) is 0 Å². The van der Waals surface area contributed by atoms with Gasteiger partial charge in [-0.25, -0.2) is 4.90 Å². The molecule has 0 aromatic heterocycles. The van der Waals surface area contributed by atoms with Crippen molar-refractivity contribution < 1.29 is 19.1 Å². The number of ether oxygens (including phenoxy) is 2. The van der Waals surface area contributed by atoms with E-state index in [4.69, 9.17) is 21.1 Å². The molecular formula is C25H21ClN2O4. The number of carbonyl (C=O) groups excluding carboxylic acids is 2. The van der Waals surface area contributed by atoms with Crippen LogP contribution in [0.25, 0.3) is 5.57 Å². The van der Waals surface area contributed by atoms with Crippen molar-refractivity contribution in [3.05, 3.63) is 88.6 Å². The van der Waals surface area contributed by atoms with Gasteiger partial charge in [-0.1, -0.05) is 41.4 Å². The van der Waals surface area contributed by atoms with E-state index in [2.05, 4.69) is 5.32 Å². The van der Waals surface area contributed by atoms with Gasteiger partial charge in [0.25, 0.3) is 11.8 Å². The number of anilines is 2. The molecule has 32 heavy (non-hydrogen) atoms. The molecule has 6 nitrogen and oxygen atoms in total. The summed E-state index contributed by atoms with van der Waals surface area (Å²) < 4.78 is 10.4. The van der Waals surface area contributed by atoms with E-state index in [9.17, 15) is 9.59 Å². The van der Waals surface area contributed by atoms with Crippen molar-refractivity contribution in [2.45, 2.75) is 6.92 Å². The number of halogens is 1. The van der Waals surface area contributed by atoms with Crippen LogP contribution in [0.4, 0.5) is 11.4 Å². The fourth-order valence-electron chi connectivity index (χ4n) is 3.49. The van der Waals surface area contributed by atoms with Crippen molar-refractivity contribution in [3.63, 3.8) is 0 Å². The van der Waals surface area contributed by atoms with Crippen LogP contribution < -0.4 is 19.7 Å². The lowest BCUT2D eigenvalue weighted by Crippen LogP contribution is -2.32. The first-order valence-electron chi connectivity index (χ1n) is 9.87. The minimum absolute atomic E-state index is 0.168. The van der Waals surface area contributed by atoms with E-state index >= 15 is 0 Å². The summed E-state index contributed by atoms with van der Waals surface area (Å²) in [4.78, 5) is 28.1. The molecule has 1 aliphatic heterocycles. The third kappa shape index (κ3) is 3.92. The summed E-state index contributed by atoms with van der Waals surface area (Å²) in [5, 5.41) is 3.48. The lowest BCUT2D eigenvalue weighted by Gasteiger charge is -2.16. The monoisotopic (exact) mass is 448 g/mol. The Hall–Kier alpha value is -3.77. The number of benzene rings is 3. The quantitative estimate of drug-likeness (QED) is 0.534. The molecule has 2 amide bonds. The number of nitrogens with zero attached hydrogens (tertiary/aromatic N) is 1. The van der Waals surface area contributed by atoms with Crippen molar-refractivity contribution in [1.29, 1.82) is 0 Å². The van der Waals surface area contributed by atoms with Crippen LogP contribution in [0, 0.1) is 6.92 Å². The molecule has 1 heterocycles.